The molecule has 5 heteroatoms. The number of carbonyl (C=O) groups excluding carboxylic acids is 1. The minimum atomic E-state index is -0.244. The zero-order valence-electron chi connectivity index (χ0n) is 9.73. The van der Waals surface area contributed by atoms with Gasteiger partial charge in [0.15, 0.2) is 0 Å². The van der Waals surface area contributed by atoms with Gasteiger partial charge in [-0.3, -0.25) is 9.59 Å². The first-order valence-electron chi connectivity index (χ1n) is 5.29. The molecule has 2 rings (SSSR count). The van der Waals surface area contributed by atoms with E-state index in [9.17, 15) is 9.59 Å². The Hall–Kier alpha value is -2.17. The van der Waals surface area contributed by atoms with Gasteiger partial charge in [0.1, 0.15) is 6.54 Å². The third-order valence-electron chi connectivity index (χ3n) is 2.58. The zero-order valence-corrected chi connectivity index (χ0v) is 9.73. The highest BCUT2D eigenvalue weighted by Crippen LogP contribution is 2.10. The smallest absolute Gasteiger partial charge is 0.275 e. The van der Waals surface area contributed by atoms with Gasteiger partial charge in [-0.15, -0.1) is 0 Å². The molecule has 0 bridgehead atoms. The number of rotatable bonds is 2. The van der Waals surface area contributed by atoms with Crippen molar-refractivity contribution in [3.05, 3.63) is 40.3 Å². The van der Waals surface area contributed by atoms with Crippen molar-refractivity contribution >= 4 is 16.7 Å². The summed E-state index contributed by atoms with van der Waals surface area (Å²) in [6.45, 7) is 1.90. The number of carbonyl (C=O) groups is 1. The summed E-state index contributed by atoms with van der Waals surface area (Å²) < 4.78 is 1.16. The molecule has 0 saturated carbocycles. The van der Waals surface area contributed by atoms with Crippen molar-refractivity contribution in [3.8, 4) is 0 Å². The molecule has 0 aliphatic rings. The van der Waals surface area contributed by atoms with Crippen LogP contribution in [0.4, 0.5) is 0 Å². The van der Waals surface area contributed by atoms with E-state index in [1.165, 1.54) is 7.05 Å². The highest BCUT2D eigenvalue weighted by molar-refractivity contribution is 5.81. The second-order valence-corrected chi connectivity index (χ2v) is 3.87. The molecule has 0 aliphatic carbocycles. The lowest BCUT2D eigenvalue weighted by Crippen LogP contribution is -2.31. The molecule has 5 nitrogen and oxygen atoms in total. The number of likely N-dealkylation sites (N-methyl/N-ethyl adjacent to an activating group) is 1. The summed E-state index contributed by atoms with van der Waals surface area (Å²) >= 11 is 0. The predicted octanol–water partition coefficient (Wildman–Crippen LogP) is 0.451. The molecule has 0 saturated heterocycles. The average molecular weight is 231 g/mol. The summed E-state index contributed by atoms with van der Waals surface area (Å²) in [5, 5.41) is 7.81. The molecule has 1 N–H and O–H groups in total. The topological polar surface area (TPSA) is 64.0 Å². The van der Waals surface area contributed by atoms with Gasteiger partial charge in [0.25, 0.3) is 5.56 Å². The molecule has 88 valence electrons. The number of nitrogens with one attached hydrogen (secondary N) is 1. The van der Waals surface area contributed by atoms with E-state index in [4.69, 9.17) is 0 Å². The third-order valence-corrected chi connectivity index (χ3v) is 2.58. The van der Waals surface area contributed by atoms with Crippen molar-refractivity contribution in [1.29, 1.82) is 0 Å². The van der Waals surface area contributed by atoms with Crippen LogP contribution in [0.5, 0.6) is 0 Å². The first-order valence-corrected chi connectivity index (χ1v) is 5.29. The van der Waals surface area contributed by atoms with Gasteiger partial charge in [-0.25, -0.2) is 4.68 Å². The standard InChI is InChI=1S/C12H13N3O2/c1-8-3-4-10-9(5-8)6-14-15(12(10)17)7-11(16)13-2/h3-6H,7H2,1-2H3,(H,13,16). The molecule has 0 unspecified atom stereocenters. The molecular formula is C12H13N3O2. The fraction of sp³-hybridized carbons (Fsp3) is 0.250. The number of benzene rings is 1. The Morgan fingerprint density at radius 2 is 2.24 bits per heavy atom. The monoisotopic (exact) mass is 231 g/mol. The summed E-state index contributed by atoms with van der Waals surface area (Å²) in [7, 11) is 1.53. The normalized spacial score (nSPS) is 10.5. The SMILES string of the molecule is CNC(=O)Cn1ncc2cc(C)ccc2c1=O. The Balaban J connectivity index is 2.54. The van der Waals surface area contributed by atoms with Crippen LogP contribution in [0.3, 0.4) is 0 Å². The van der Waals surface area contributed by atoms with E-state index in [0.717, 1.165) is 15.6 Å². The Morgan fingerprint density at radius 1 is 1.47 bits per heavy atom. The van der Waals surface area contributed by atoms with E-state index in [1.807, 2.05) is 19.1 Å². The van der Waals surface area contributed by atoms with Crippen LogP contribution in [0.15, 0.2) is 29.2 Å². The van der Waals surface area contributed by atoms with Gasteiger partial charge in [0, 0.05) is 12.4 Å². The molecule has 1 heterocycles. The van der Waals surface area contributed by atoms with Crippen LogP contribution < -0.4 is 10.9 Å². The van der Waals surface area contributed by atoms with E-state index in [0.29, 0.717) is 5.39 Å². The zero-order chi connectivity index (χ0) is 12.4. The second-order valence-electron chi connectivity index (χ2n) is 3.87. The van der Waals surface area contributed by atoms with Gasteiger partial charge in [0.2, 0.25) is 5.91 Å². The van der Waals surface area contributed by atoms with Crippen LogP contribution in [0, 0.1) is 6.92 Å². The van der Waals surface area contributed by atoms with Gasteiger partial charge in [0.05, 0.1) is 11.6 Å². The van der Waals surface area contributed by atoms with E-state index in [2.05, 4.69) is 10.4 Å². The molecule has 1 amide bonds. The largest absolute Gasteiger partial charge is 0.358 e. The number of hydrogen-bond acceptors (Lipinski definition) is 3. The Bertz CT molecular complexity index is 631. The molecule has 1 aromatic carbocycles. The molecular weight excluding hydrogens is 218 g/mol. The molecule has 0 radical (unpaired) electrons. The molecule has 1 aromatic heterocycles. The fourth-order valence-corrected chi connectivity index (χ4v) is 1.63. The van der Waals surface area contributed by atoms with Crippen LogP contribution in [-0.4, -0.2) is 22.7 Å². The Kier molecular flexibility index (Phi) is 2.91. The van der Waals surface area contributed by atoms with Gasteiger partial charge in [-0.1, -0.05) is 11.6 Å². The Labute approximate surface area is 98.1 Å². The lowest BCUT2D eigenvalue weighted by atomic mass is 10.1. The van der Waals surface area contributed by atoms with Crippen LogP contribution in [0.1, 0.15) is 5.56 Å². The maximum absolute atomic E-state index is 12.0. The molecule has 0 atom stereocenters. The Morgan fingerprint density at radius 3 is 2.94 bits per heavy atom. The van der Waals surface area contributed by atoms with Crippen molar-refractivity contribution in [3.63, 3.8) is 0 Å². The molecule has 0 aliphatic heterocycles. The van der Waals surface area contributed by atoms with Crippen molar-refractivity contribution < 1.29 is 4.79 Å². The van der Waals surface area contributed by atoms with Crippen molar-refractivity contribution in [1.82, 2.24) is 15.1 Å². The van der Waals surface area contributed by atoms with E-state index < -0.39 is 0 Å². The van der Waals surface area contributed by atoms with Crippen LogP contribution in [-0.2, 0) is 11.3 Å². The highest BCUT2D eigenvalue weighted by Gasteiger charge is 2.06. The number of fused-ring (bicyclic) bond motifs is 1. The minimum absolute atomic E-state index is 0.0564. The van der Waals surface area contributed by atoms with E-state index in [-0.39, 0.29) is 18.0 Å². The second kappa shape index (κ2) is 4.37. The van der Waals surface area contributed by atoms with Crippen LogP contribution >= 0.6 is 0 Å². The predicted molar refractivity (Wildman–Crippen MR) is 64.8 cm³/mol. The molecule has 2 aromatic rings. The number of nitrogens with zero attached hydrogens (tertiary/aromatic N) is 2. The molecule has 0 spiro atoms. The van der Waals surface area contributed by atoms with Crippen molar-refractivity contribution in [2.75, 3.05) is 7.05 Å². The first-order chi connectivity index (χ1) is 8.11. The fourth-order valence-electron chi connectivity index (χ4n) is 1.63. The minimum Gasteiger partial charge on any atom is -0.358 e. The van der Waals surface area contributed by atoms with Crippen molar-refractivity contribution in [2.24, 2.45) is 0 Å². The summed E-state index contributed by atoms with van der Waals surface area (Å²) in [5.41, 5.74) is 0.828. The van der Waals surface area contributed by atoms with E-state index in [1.54, 1.807) is 12.3 Å². The molecule has 17 heavy (non-hydrogen) atoms. The lowest BCUT2D eigenvalue weighted by molar-refractivity contribution is -0.121. The summed E-state index contributed by atoms with van der Waals surface area (Å²) in [6.07, 6.45) is 1.60. The average Bonchev–Trinajstić information content (AvgIpc) is 2.32. The van der Waals surface area contributed by atoms with Gasteiger partial charge >= 0.3 is 0 Å². The quantitative estimate of drug-likeness (QED) is 0.816. The lowest BCUT2D eigenvalue weighted by Gasteiger charge is -2.05. The van der Waals surface area contributed by atoms with Gasteiger partial charge in [-0.05, 0) is 19.1 Å². The highest BCUT2D eigenvalue weighted by atomic mass is 16.2. The van der Waals surface area contributed by atoms with Gasteiger partial charge in [-0.2, -0.15) is 5.10 Å². The number of hydrogen-bond donors (Lipinski definition) is 1. The van der Waals surface area contributed by atoms with E-state index >= 15 is 0 Å². The number of amides is 1. The third kappa shape index (κ3) is 2.18. The van der Waals surface area contributed by atoms with Crippen LogP contribution in [0.25, 0.3) is 10.8 Å². The summed E-state index contributed by atoms with van der Waals surface area (Å²) in [5.74, 6) is -0.244. The summed E-state index contributed by atoms with van der Waals surface area (Å²) in [4.78, 5) is 23.2. The maximum Gasteiger partial charge on any atom is 0.275 e. The maximum atomic E-state index is 12.0. The first kappa shape index (κ1) is 11.3. The van der Waals surface area contributed by atoms with Crippen molar-refractivity contribution in [2.45, 2.75) is 13.5 Å². The number of aromatic nitrogens is 2. The molecule has 0 fully saturated rings. The number of aryl methyl sites for hydroxylation is 1. The summed E-state index contributed by atoms with van der Waals surface area (Å²) in [6, 6.07) is 5.52. The van der Waals surface area contributed by atoms with Gasteiger partial charge < -0.3 is 5.32 Å². The van der Waals surface area contributed by atoms with Crippen LogP contribution in [0.2, 0.25) is 0 Å².